The average Bonchev–Trinajstić information content (AvgIpc) is 3.04. The highest BCUT2D eigenvalue weighted by Crippen LogP contribution is 2.36. The van der Waals surface area contributed by atoms with Gasteiger partial charge in [-0.3, -0.25) is 9.47 Å². The third-order valence-electron chi connectivity index (χ3n) is 6.48. The number of benzene rings is 1. The van der Waals surface area contributed by atoms with Crippen LogP contribution in [-0.2, 0) is 9.47 Å². The topological polar surface area (TPSA) is 59.5 Å². The molecule has 6 heteroatoms. The molecular formula is C21H27N3O3. The Kier molecular flexibility index (Phi) is 4.42. The fourth-order valence-corrected chi connectivity index (χ4v) is 4.95. The van der Waals surface area contributed by atoms with Crippen LogP contribution < -0.4 is 5.69 Å². The summed E-state index contributed by atoms with van der Waals surface area (Å²) < 4.78 is 13.6. The largest absolute Gasteiger partial charge is 0.381 e. The minimum atomic E-state index is -0.0388. The maximum atomic E-state index is 12.4. The van der Waals surface area contributed by atoms with E-state index in [1.165, 1.54) is 0 Å². The van der Waals surface area contributed by atoms with Crippen LogP contribution in [0.1, 0.15) is 32.1 Å². The number of rotatable bonds is 2. The first-order valence-electron chi connectivity index (χ1n) is 10.1. The van der Waals surface area contributed by atoms with E-state index in [1.54, 1.807) is 0 Å². The van der Waals surface area contributed by atoms with Gasteiger partial charge in [0.15, 0.2) is 0 Å². The van der Waals surface area contributed by atoms with Crippen LogP contribution in [0.15, 0.2) is 35.1 Å². The van der Waals surface area contributed by atoms with Gasteiger partial charge in [-0.15, -0.1) is 0 Å². The third-order valence-corrected chi connectivity index (χ3v) is 6.48. The standard InChI is InChI=1S/C21H27N3O3/c25-20-22-18-3-1-2-4-19(18)24(20)16-5-10-23(11-6-16)17-7-12-27-21(15-17)8-13-26-14-9-21/h1-5,17H,6-15H2,(H,22,25). The van der Waals surface area contributed by atoms with Crippen molar-refractivity contribution < 1.29 is 9.47 Å². The van der Waals surface area contributed by atoms with E-state index < -0.39 is 0 Å². The number of H-pyrrole nitrogens is 1. The van der Waals surface area contributed by atoms with Crippen LogP contribution in [0.3, 0.4) is 0 Å². The zero-order valence-corrected chi connectivity index (χ0v) is 15.7. The van der Waals surface area contributed by atoms with E-state index in [2.05, 4.69) is 16.0 Å². The van der Waals surface area contributed by atoms with Gasteiger partial charge in [0.25, 0.3) is 0 Å². The van der Waals surface area contributed by atoms with Crippen molar-refractivity contribution in [1.82, 2.24) is 14.5 Å². The van der Waals surface area contributed by atoms with E-state index in [1.807, 2.05) is 28.8 Å². The van der Waals surface area contributed by atoms with Crippen LogP contribution in [0.4, 0.5) is 0 Å². The second-order valence-corrected chi connectivity index (χ2v) is 8.01. The maximum absolute atomic E-state index is 12.4. The molecule has 1 spiro atoms. The molecule has 1 N–H and O–H groups in total. The molecule has 1 aromatic heterocycles. The fourth-order valence-electron chi connectivity index (χ4n) is 4.95. The van der Waals surface area contributed by atoms with Gasteiger partial charge in [-0.25, -0.2) is 4.79 Å². The van der Waals surface area contributed by atoms with Crippen LogP contribution in [0.2, 0.25) is 0 Å². The minimum absolute atomic E-state index is 0.0267. The summed E-state index contributed by atoms with van der Waals surface area (Å²) in [5.74, 6) is 0. The number of imidazole rings is 1. The number of hydrogen-bond donors (Lipinski definition) is 1. The molecule has 0 bridgehead atoms. The molecule has 2 aromatic rings. The average molecular weight is 369 g/mol. The van der Waals surface area contributed by atoms with E-state index in [0.29, 0.717) is 6.04 Å². The van der Waals surface area contributed by atoms with Gasteiger partial charge in [0.2, 0.25) is 0 Å². The molecule has 6 nitrogen and oxygen atoms in total. The number of nitrogens with zero attached hydrogens (tertiary/aromatic N) is 2. The molecule has 0 radical (unpaired) electrons. The Morgan fingerprint density at radius 1 is 1.15 bits per heavy atom. The molecular weight excluding hydrogens is 342 g/mol. The number of fused-ring (bicyclic) bond motifs is 1. The highest BCUT2D eigenvalue weighted by molar-refractivity contribution is 5.79. The van der Waals surface area contributed by atoms with E-state index in [-0.39, 0.29) is 11.3 Å². The number of aromatic nitrogens is 2. The lowest BCUT2D eigenvalue weighted by atomic mass is 9.83. The van der Waals surface area contributed by atoms with Gasteiger partial charge in [-0.1, -0.05) is 18.2 Å². The number of aromatic amines is 1. The van der Waals surface area contributed by atoms with Crippen molar-refractivity contribution in [3.63, 3.8) is 0 Å². The van der Waals surface area contributed by atoms with Crippen molar-refractivity contribution in [2.75, 3.05) is 32.9 Å². The molecule has 0 saturated carbocycles. The van der Waals surface area contributed by atoms with E-state index in [9.17, 15) is 4.79 Å². The predicted molar refractivity (Wildman–Crippen MR) is 105 cm³/mol. The lowest BCUT2D eigenvalue weighted by Gasteiger charge is -2.47. The molecule has 3 aliphatic heterocycles. The molecule has 4 heterocycles. The Bertz CT molecular complexity index is 901. The molecule has 0 aliphatic carbocycles. The molecule has 3 aliphatic rings. The molecule has 27 heavy (non-hydrogen) atoms. The smallest absolute Gasteiger partial charge is 0.330 e. The van der Waals surface area contributed by atoms with E-state index in [4.69, 9.17) is 9.47 Å². The zero-order valence-electron chi connectivity index (χ0n) is 15.7. The van der Waals surface area contributed by atoms with Crippen LogP contribution >= 0.6 is 0 Å². The first-order chi connectivity index (χ1) is 13.2. The van der Waals surface area contributed by atoms with Gasteiger partial charge in [0.1, 0.15) is 0 Å². The Morgan fingerprint density at radius 2 is 2.00 bits per heavy atom. The van der Waals surface area contributed by atoms with E-state index >= 15 is 0 Å². The first kappa shape index (κ1) is 17.2. The van der Waals surface area contributed by atoms with Crippen molar-refractivity contribution in [3.8, 4) is 0 Å². The molecule has 1 atom stereocenters. The van der Waals surface area contributed by atoms with Gasteiger partial charge in [-0.05, 0) is 37.8 Å². The summed E-state index contributed by atoms with van der Waals surface area (Å²) in [5, 5.41) is 0. The van der Waals surface area contributed by atoms with Gasteiger partial charge < -0.3 is 14.5 Å². The summed E-state index contributed by atoms with van der Waals surface area (Å²) in [4.78, 5) is 18.0. The quantitative estimate of drug-likeness (QED) is 0.884. The van der Waals surface area contributed by atoms with Crippen molar-refractivity contribution >= 4 is 16.7 Å². The van der Waals surface area contributed by atoms with Crippen molar-refractivity contribution in [2.45, 2.75) is 43.7 Å². The van der Waals surface area contributed by atoms with Crippen molar-refractivity contribution in [2.24, 2.45) is 0 Å². The van der Waals surface area contributed by atoms with Gasteiger partial charge in [0, 0.05) is 51.1 Å². The summed E-state index contributed by atoms with van der Waals surface area (Å²) in [6.45, 7) is 4.38. The van der Waals surface area contributed by atoms with Crippen molar-refractivity contribution in [1.29, 1.82) is 0 Å². The summed E-state index contributed by atoms with van der Waals surface area (Å²) in [6.07, 6.45) is 7.37. The summed E-state index contributed by atoms with van der Waals surface area (Å²) >= 11 is 0. The monoisotopic (exact) mass is 369 g/mol. The van der Waals surface area contributed by atoms with Crippen LogP contribution in [0, 0.1) is 0 Å². The van der Waals surface area contributed by atoms with Gasteiger partial charge in [0.05, 0.1) is 16.6 Å². The second-order valence-electron chi connectivity index (χ2n) is 8.01. The maximum Gasteiger partial charge on any atom is 0.330 e. The number of ether oxygens (including phenoxy) is 2. The molecule has 144 valence electrons. The highest BCUT2D eigenvalue weighted by atomic mass is 16.5. The first-order valence-corrected chi connectivity index (χ1v) is 10.1. The summed E-state index contributed by atoms with van der Waals surface area (Å²) in [7, 11) is 0. The summed E-state index contributed by atoms with van der Waals surface area (Å²) in [6, 6.07) is 8.47. The predicted octanol–water partition coefficient (Wildman–Crippen LogP) is 2.60. The number of hydrogen-bond acceptors (Lipinski definition) is 4. The fraction of sp³-hybridized carbons (Fsp3) is 0.571. The minimum Gasteiger partial charge on any atom is -0.381 e. The lowest BCUT2D eigenvalue weighted by Crippen LogP contribution is -2.52. The second kappa shape index (κ2) is 6.93. The van der Waals surface area contributed by atoms with Crippen LogP contribution in [0.5, 0.6) is 0 Å². The Morgan fingerprint density at radius 3 is 2.81 bits per heavy atom. The molecule has 0 amide bonds. The number of para-hydroxylation sites is 2. The number of nitrogens with one attached hydrogen (secondary N) is 1. The third kappa shape index (κ3) is 3.16. The normalized spacial score (nSPS) is 26.4. The molecule has 1 aromatic carbocycles. The molecule has 5 rings (SSSR count). The van der Waals surface area contributed by atoms with E-state index in [0.717, 1.165) is 81.7 Å². The van der Waals surface area contributed by atoms with Gasteiger partial charge >= 0.3 is 5.69 Å². The molecule has 1 unspecified atom stereocenters. The molecule has 2 saturated heterocycles. The van der Waals surface area contributed by atoms with Crippen molar-refractivity contribution in [3.05, 3.63) is 40.8 Å². The van der Waals surface area contributed by atoms with Gasteiger partial charge in [-0.2, -0.15) is 0 Å². The van der Waals surface area contributed by atoms with Crippen LogP contribution in [0.25, 0.3) is 16.7 Å². The SMILES string of the molecule is O=c1[nH]c2ccccc2n1C1=CCN(C2CCOC3(CCOCC3)C2)CC1. The Labute approximate surface area is 158 Å². The Hall–Kier alpha value is -1.89. The zero-order chi connectivity index (χ0) is 18.3. The lowest BCUT2D eigenvalue weighted by molar-refractivity contribution is -0.150. The highest BCUT2D eigenvalue weighted by Gasteiger charge is 2.40. The summed E-state index contributed by atoms with van der Waals surface area (Å²) in [5.41, 5.74) is 2.97. The Balaban J connectivity index is 1.34. The molecule has 2 fully saturated rings. The van der Waals surface area contributed by atoms with Crippen LogP contribution in [-0.4, -0.2) is 59.0 Å².